The fraction of sp³-hybridized carbons (Fsp3) is 0.860. The van der Waals surface area contributed by atoms with Gasteiger partial charge in [-0.05, 0) is 70.4 Å². The quantitative estimate of drug-likeness (QED) is 0.0260. The number of aldehydes is 1. The molecule has 0 rings (SSSR count). The maximum Gasteiger partial charge on any atom is 0.508 e. The predicted molar refractivity (Wildman–Crippen MR) is 243 cm³/mol. The molecule has 2 atom stereocenters. The molecule has 0 fully saturated rings. The van der Waals surface area contributed by atoms with Crippen molar-refractivity contribution in [3.05, 3.63) is 24.3 Å². The van der Waals surface area contributed by atoms with Crippen molar-refractivity contribution in [2.45, 2.75) is 208 Å². The summed E-state index contributed by atoms with van der Waals surface area (Å²) in [6.45, 7) is 14.8. The predicted octanol–water partition coefficient (Wildman–Crippen LogP) is 13.8. The van der Waals surface area contributed by atoms with Crippen LogP contribution >= 0.6 is 0 Å². The summed E-state index contributed by atoms with van der Waals surface area (Å²) in [4.78, 5) is 39.2. The first-order chi connectivity index (χ1) is 28.4. The molecule has 0 radical (unpaired) electrons. The topological polar surface area (TPSA) is 91.4 Å². The lowest BCUT2D eigenvalue weighted by molar-refractivity contribution is -0.146. The molecule has 340 valence electrons. The van der Waals surface area contributed by atoms with E-state index >= 15 is 0 Å². The summed E-state index contributed by atoms with van der Waals surface area (Å²) in [6, 6.07) is 0. The third-order valence-electron chi connectivity index (χ3n) is 11.2. The lowest BCUT2D eigenvalue weighted by Gasteiger charge is -2.19. The van der Waals surface area contributed by atoms with Gasteiger partial charge >= 0.3 is 12.1 Å². The highest BCUT2D eigenvalue weighted by molar-refractivity contribution is 5.69. The summed E-state index contributed by atoms with van der Waals surface area (Å²) in [7, 11) is 0. The first-order valence-corrected chi connectivity index (χ1v) is 24.4. The lowest BCUT2D eigenvalue weighted by Crippen LogP contribution is -2.27. The molecule has 0 heterocycles. The zero-order valence-electron chi connectivity index (χ0n) is 38.7. The number of allylic oxidation sites excluding steroid dienone is 4. The molecule has 58 heavy (non-hydrogen) atoms. The molecule has 0 N–H and O–H groups in total. The van der Waals surface area contributed by atoms with Crippen LogP contribution in [0.2, 0.25) is 0 Å². The number of hydrogen-bond donors (Lipinski definition) is 0. The highest BCUT2D eigenvalue weighted by Gasteiger charge is 2.18. The highest BCUT2D eigenvalue weighted by Crippen LogP contribution is 2.24. The third kappa shape index (κ3) is 38.0. The molecule has 0 aromatic rings. The Kier molecular flexibility index (Phi) is 42.7. The maximum absolute atomic E-state index is 12.6. The molecule has 0 saturated heterocycles. The van der Waals surface area contributed by atoms with Gasteiger partial charge in [0.05, 0.1) is 32.3 Å². The van der Waals surface area contributed by atoms with Crippen LogP contribution < -0.4 is 0 Å². The van der Waals surface area contributed by atoms with E-state index in [0.717, 1.165) is 96.0 Å². The molecule has 0 aromatic carbocycles. The molecule has 0 saturated carbocycles. The molecule has 0 bridgehead atoms. The van der Waals surface area contributed by atoms with Crippen molar-refractivity contribution in [2.24, 2.45) is 17.8 Å². The minimum atomic E-state index is -0.722. The zero-order valence-corrected chi connectivity index (χ0v) is 38.7. The van der Waals surface area contributed by atoms with E-state index in [1.54, 1.807) is 0 Å². The molecule has 0 aliphatic carbocycles. The first-order valence-electron chi connectivity index (χ1n) is 24.4. The fourth-order valence-electron chi connectivity index (χ4n) is 7.29. The summed E-state index contributed by atoms with van der Waals surface area (Å²) in [5.41, 5.74) is 0. The van der Waals surface area contributed by atoms with Crippen molar-refractivity contribution in [3.8, 4) is 0 Å². The summed E-state index contributed by atoms with van der Waals surface area (Å²) >= 11 is 0. The van der Waals surface area contributed by atoms with Gasteiger partial charge in [0.1, 0.15) is 12.9 Å². The molecule has 0 aromatic heterocycles. The van der Waals surface area contributed by atoms with E-state index in [9.17, 15) is 14.4 Å². The Labute approximate surface area is 358 Å². The molecule has 2 unspecified atom stereocenters. The number of ether oxygens (including phenoxy) is 4. The molecular formula is C50H93NO7. The average Bonchev–Trinajstić information content (AvgIpc) is 3.23. The van der Waals surface area contributed by atoms with Gasteiger partial charge in [-0.15, -0.1) is 0 Å². The second-order valence-electron chi connectivity index (χ2n) is 16.6. The van der Waals surface area contributed by atoms with Crippen LogP contribution in [0.1, 0.15) is 208 Å². The number of hydrogen-bond acceptors (Lipinski definition) is 8. The van der Waals surface area contributed by atoms with Crippen LogP contribution in [0.25, 0.3) is 0 Å². The van der Waals surface area contributed by atoms with Crippen LogP contribution in [0, 0.1) is 17.8 Å². The zero-order chi connectivity index (χ0) is 42.6. The third-order valence-corrected chi connectivity index (χ3v) is 11.2. The van der Waals surface area contributed by atoms with Crippen LogP contribution in [0.3, 0.4) is 0 Å². The Balaban J connectivity index is 4.60. The Morgan fingerprint density at radius 3 is 1.67 bits per heavy atom. The summed E-state index contributed by atoms with van der Waals surface area (Å²) in [5.74, 6) is 0.115. The molecule has 0 aliphatic heterocycles. The molecule has 0 spiro atoms. The number of rotatable bonds is 44. The normalized spacial score (nSPS) is 12.9. The van der Waals surface area contributed by atoms with E-state index in [1.807, 2.05) is 0 Å². The number of carbonyl (C=O) groups excluding carboxylic acids is 3. The smallest absolute Gasteiger partial charge is 0.465 e. The first kappa shape index (κ1) is 55.8. The number of carbonyl (C=O) groups is 3. The van der Waals surface area contributed by atoms with Crippen LogP contribution in [-0.2, 0) is 28.5 Å². The highest BCUT2D eigenvalue weighted by atomic mass is 16.7. The number of unbranched alkanes of at least 4 members (excludes halogenated alkanes) is 15. The van der Waals surface area contributed by atoms with Gasteiger partial charge in [-0.2, -0.15) is 0 Å². The minimum absolute atomic E-state index is 0.0233. The molecular weight excluding hydrogens is 727 g/mol. The van der Waals surface area contributed by atoms with Crippen LogP contribution in [0.5, 0.6) is 0 Å². The average molecular weight is 820 g/mol. The van der Waals surface area contributed by atoms with Gasteiger partial charge in [0, 0.05) is 18.9 Å². The second kappa shape index (κ2) is 44.4. The maximum atomic E-state index is 12.6. The van der Waals surface area contributed by atoms with Gasteiger partial charge in [-0.1, -0.05) is 174 Å². The fourth-order valence-corrected chi connectivity index (χ4v) is 7.29. The SMILES string of the molecule is CCCCC/C=C\C/C=C\CCCCCCCC(=O)OCC(COCC(C=O)CCCCCCC(CCCCC)CCCCC)COC(=O)OCCCN(CC)CC. The van der Waals surface area contributed by atoms with Crippen LogP contribution in [-0.4, -0.2) is 76.0 Å². The van der Waals surface area contributed by atoms with Crippen molar-refractivity contribution in [1.29, 1.82) is 0 Å². The van der Waals surface area contributed by atoms with Crippen molar-refractivity contribution < 1.29 is 33.3 Å². The Morgan fingerprint density at radius 2 is 1.05 bits per heavy atom. The second-order valence-corrected chi connectivity index (χ2v) is 16.6. The van der Waals surface area contributed by atoms with Gasteiger partial charge in [0.15, 0.2) is 0 Å². The Morgan fingerprint density at radius 1 is 0.517 bits per heavy atom. The number of nitrogens with zero attached hydrogens (tertiary/aromatic N) is 1. The van der Waals surface area contributed by atoms with Gasteiger partial charge < -0.3 is 28.6 Å². The van der Waals surface area contributed by atoms with E-state index in [-0.39, 0.29) is 37.6 Å². The van der Waals surface area contributed by atoms with Crippen LogP contribution in [0.4, 0.5) is 4.79 Å². The van der Waals surface area contributed by atoms with Crippen molar-refractivity contribution in [3.63, 3.8) is 0 Å². The van der Waals surface area contributed by atoms with Gasteiger partial charge in [0.25, 0.3) is 0 Å². The van der Waals surface area contributed by atoms with E-state index in [4.69, 9.17) is 18.9 Å². The van der Waals surface area contributed by atoms with Crippen molar-refractivity contribution in [1.82, 2.24) is 4.90 Å². The summed E-state index contributed by atoms with van der Waals surface area (Å²) in [6.07, 6.45) is 40.5. The molecule has 8 heteroatoms. The van der Waals surface area contributed by atoms with Crippen molar-refractivity contribution in [2.75, 3.05) is 52.7 Å². The Hall–Kier alpha value is -2.19. The van der Waals surface area contributed by atoms with E-state index in [2.05, 4.69) is 63.8 Å². The standard InChI is InChI=1S/C50H93NO7/c1-6-11-14-15-16-17-18-19-20-21-22-23-24-25-32-38-49(53)57-44-48(45-58-50(54)56-40-33-39-51(9-4)10-5)43-55-42-47(41-52)37-31-27-26-30-36-46(34-28-12-7-2)35-29-13-8-3/h16-17,19-20,41,46-48H,6-15,18,21-40,42-45H2,1-5H3/b17-16-,20-19-. The van der Waals surface area contributed by atoms with Gasteiger partial charge in [-0.3, -0.25) is 4.79 Å². The minimum Gasteiger partial charge on any atom is -0.465 e. The van der Waals surface area contributed by atoms with Gasteiger partial charge in [-0.25, -0.2) is 4.79 Å². The van der Waals surface area contributed by atoms with Gasteiger partial charge in [0.2, 0.25) is 0 Å². The lowest BCUT2D eigenvalue weighted by atomic mass is 9.90. The largest absolute Gasteiger partial charge is 0.508 e. The van der Waals surface area contributed by atoms with Crippen LogP contribution in [0.15, 0.2) is 24.3 Å². The number of esters is 1. The molecule has 0 amide bonds. The summed E-state index contributed by atoms with van der Waals surface area (Å²) < 4.78 is 22.3. The van der Waals surface area contributed by atoms with E-state index in [0.29, 0.717) is 19.6 Å². The molecule has 8 nitrogen and oxygen atoms in total. The van der Waals surface area contributed by atoms with E-state index in [1.165, 1.54) is 103 Å². The monoisotopic (exact) mass is 820 g/mol. The van der Waals surface area contributed by atoms with E-state index < -0.39 is 6.16 Å². The summed E-state index contributed by atoms with van der Waals surface area (Å²) in [5, 5.41) is 0. The van der Waals surface area contributed by atoms with Crippen molar-refractivity contribution >= 4 is 18.4 Å². The Bertz CT molecular complexity index is 956. The molecule has 0 aliphatic rings.